The van der Waals surface area contributed by atoms with Gasteiger partial charge in [-0.1, -0.05) is 34.6 Å². The molecule has 0 N–H and O–H groups in total. The minimum atomic E-state index is -0.460. The fourth-order valence-electron chi connectivity index (χ4n) is 9.01. The molecule has 0 saturated heterocycles. The van der Waals surface area contributed by atoms with Crippen molar-refractivity contribution in [1.29, 1.82) is 0 Å². The van der Waals surface area contributed by atoms with Crippen LogP contribution in [-0.2, 0) is 14.3 Å². The molecule has 6 fully saturated rings. The van der Waals surface area contributed by atoms with Crippen LogP contribution in [-0.4, -0.2) is 18.4 Å². The highest BCUT2D eigenvalue weighted by atomic mass is 16.7. The van der Waals surface area contributed by atoms with Crippen molar-refractivity contribution in [2.75, 3.05) is 0 Å². The van der Waals surface area contributed by atoms with Gasteiger partial charge in [0.15, 0.2) is 0 Å². The van der Waals surface area contributed by atoms with Gasteiger partial charge in [-0.15, -0.1) is 0 Å². The summed E-state index contributed by atoms with van der Waals surface area (Å²) in [5.74, 6) is 3.74. The third-order valence-corrected chi connectivity index (χ3v) is 11.5. The number of hydrogen-bond acceptors (Lipinski definition) is 3. The van der Waals surface area contributed by atoms with Gasteiger partial charge in [0.2, 0.25) is 6.29 Å². The van der Waals surface area contributed by atoms with Crippen molar-refractivity contribution in [1.82, 2.24) is 0 Å². The van der Waals surface area contributed by atoms with Crippen LogP contribution in [0.2, 0.25) is 0 Å². The molecular weight excluding hydrogens is 384 g/mol. The zero-order valence-electron chi connectivity index (χ0n) is 21.1. The molecule has 6 aliphatic carbocycles. The second kappa shape index (κ2) is 6.97. The number of esters is 1. The van der Waals surface area contributed by atoms with Crippen molar-refractivity contribution >= 4 is 5.97 Å². The molecular formula is C28H46O3. The van der Waals surface area contributed by atoms with Crippen molar-refractivity contribution in [3.63, 3.8) is 0 Å². The molecule has 6 saturated carbocycles. The van der Waals surface area contributed by atoms with Gasteiger partial charge in [0, 0.05) is 5.41 Å². The summed E-state index contributed by atoms with van der Waals surface area (Å²) in [4.78, 5) is 13.4. The summed E-state index contributed by atoms with van der Waals surface area (Å²) in [6.45, 7) is 15.8. The Labute approximate surface area is 190 Å². The molecule has 0 radical (unpaired) electrons. The predicted octanol–water partition coefficient (Wildman–Crippen LogP) is 6.99. The Balaban J connectivity index is 1.48. The monoisotopic (exact) mass is 430 g/mol. The van der Waals surface area contributed by atoms with E-state index < -0.39 is 11.7 Å². The van der Waals surface area contributed by atoms with Crippen molar-refractivity contribution in [2.24, 2.45) is 51.2 Å². The number of ether oxygens (including phenoxy) is 2. The third kappa shape index (κ3) is 3.18. The normalized spacial score (nSPS) is 48.2. The largest absolute Gasteiger partial charge is 0.435 e. The SMILES string of the molecule is CCC(C)(C)C(=O)OC(OC1C2(C)CCC(C2)C1(C)C)C1(C)C2CC3CC(C2)CC1C3. The lowest BCUT2D eigenvalue weighted by Crippen LogP contribution is -2.60. The summed E-state index contributed by atoms with van der Waals surface area (Å²) in [7, 11) is 0. The standard InChI is InChI=1S/C28H46O3/c1-8-25(2,3)23(29)31-24(30-22-26(4,5)19-9-10-27(22,6)16-19)28(7)20-12-17-11-18(14-20)15-21(28)13-17/h17-22,24H,8-16H2,1-7H3. The minimum absolute atomic E-state index is 0.0405. The fourth-order valence-corrected chi connectivity index (χ4v) is 9.01. The van der Waals surface area contributed by atoms with E-state index in [-0.39, 0.29) is 28.3 Å². The van der Waals surface area contributed by atoms with Gasteiger partial charge in [0.1, 0.15) is 0 Å². The maximum Gasteiger partial charge on any atom is 0.313 e. The van der Waals surface area contributed by atoms with E-state index in [0.29, 0.717) is 11.8 Å². The maximum atomic E-state index is 13.4. The van der Waals surface area contributed by atoms with Gasteiger partial charge in [-0.3, -0.25) is 4.79 Å². The Morgan fingerprint density at radius 2 is 1.55 bits per heavy atom. The van der Waals surface area contributed by atoms with Gasteiger partial charge >= 0.3 is 5.97 Å². The van der Waals surface area contributed by atoms with E-state index in [1.807, 2.05) is 13.8 Å². The number of hydrogen-bond donors (Lipinski definition) is 0. The molecule has 0 amide bonds. The first-order chi connectivity index (χ1) is 14.4. The Morgan fingerprint density at radius 1 is 0.968 bits per heavy atom. The summed E-state index contributed by atoms with van der Waals surface area (Å²) in [5.41, 5.74) is -0.124. The number of rotatable bonds is 6. The average Bonchev–Trinajstić information content (AvgIpc) is 3.18. The molecule has 4 atom stereocenters. The molecule has 0 spiro atoms. The van der Waals surface area contributed by atoms with Crippen molar-refractivity contribution < 1.29 is 14.3 Å². The molecule has 3 heteroatoms. The van der Waals surface area contributed by atoms with E-state index in [0.717, 1.165) is 24.2 Å². The van der Waals surface area contributed by atoms with Crippen LogP contribution >= 0.6 is 0 Å². The van der Waals surface area contributed by atoms with E-state index in [9.17, 15) is 4.79 Å². The first-order valence-electron chi connectivity index (χ1n) is 13.3. The number of carbonyl (C=O) groups excluding carboxylic acids is 1. The van der Waals surface area contributed by atoms with Crippen LogP contribution in [0.4, 0.5) is 0 Å². The lowest BCUT2D eigenvalue weighted by molar-refractivity contribution is -0.296. The van der Waals surface area contributed by atoms with E-state index in [1.54, 1.807) is 0 Å². The zero-order chi connectivity index (χ0) is 22.4. The number of carbonyl (C=O) groups is 1. The van der Waals surface area contributed by atoms with Gasteiger partial charge in [-0.25, -0.2) is 0 Å². The van der Waals surface area contributed by atoms with Crippen LogP contribution in [0.3, 0.4) is 0 Å². The molecule has 0 heterocycles. The molecule has 4 unspecified atom stereocenters. The highest BCUT2D eigenvalue weighted by molar-refractivity contribution is 5.76. The molecule has 6 bridgehead atoms. The molecule has 3 nitrogen and oxygen atoms in total. The second-order valence-electron chi connectivity index (χ2n) is 14.1. The van der Waals surface area contributed by atoms with Gasteiger partial charge in [0.25, 0.3) is 0 Å². The summed E-state index contributed by atoms with van der Waals surface area (Å²) in [6, 6.07) is 0. The topological polar surface area (TPSA) is 35.5 Å². The fraction of sp³-hybridized carbons (Fsp3) is 0.964. The molecule has 31 heavy (non-hydrogen) atoms. The van der Waals surface area contributed by atoms with Gasteiger partial charge in [-0.05, 0) is 112 Å². The van der Waals surface area contributed by atoms with E-state index in [4.69, 9.17) is 9.47 Å². The Morgan fingerprint density at radius 3 is 2.03 bits per heavy atom. The molecule has 0 aromatic rings. The van der Waals surface area contributed by atoms with Gasteiger partial charge < -0.3 is 9.47 Å². The molecule has 0 aromatic carbocycles. The highest BCUT2D eigenvalue weighted by Crippen LogP contribution is 2.67. The van der Waals surface area contributed by atoms with E-state index in [1.165, 1.54) is 51.4 Å². The Kier molecular flexibility index (Phi) is 5.00. The van der Waals surface area contributed by atoms with Crippen molar-refractivity contribution in [3.8, 4) is 0 Å². The smallest absolute Gasteiger partial charge is 0.313 e. The maximum absolute atomic E-state index is 13.4. The lowest BCUT2D eigenvalue weighted by atomic mass is 9.45. The predicted molar refractivity (Wildman–Crippen MR) is 123 cm³/mol. The third-order valence-electron chi connectivity index (χ3n) is 11.5. The van der Waals surface area contributed by atoms with Crippen LogP contribution in [0.1, 0.15) is 106 Å². The van der Waals surface area contributed by atoms with Crippen LogP contribution in [0.25, 0.3) is 0 Å². The van der Waals surface area contributed by atoms with E-state index >= 15 is 0 Å². The Bertz CT molecular complexity index is 704. The lowest BCUT2D eigenvalue weighted by Gasteiger charge is -2.62. The Hall–Kier alpha value is -0.570. The first-order valence-corrected chi connectivity index (χ1v) is 13.3. The summed E-state index contributed by atoms with van der Waals surface area (Å²) in [6.07, 6.45) is 11.1. The van der Waals surface area contributed by atoms with Crippen molar-refractivity contribution in [2.45, 2.75) is 119 Å². The minimum Gasteiger partial charge on any atom is -0.435 e. The van der Waals surface area contributed by atoms with Crippen LogP contribution < -0.4 is 0 Å². The average molecular weight is 431 g/mol. The summed E-state index contributed by atoms with van der Waals surface area (Å²) >= 11 is 0. The van der Waals surface area contributed by atoms with Crippen molar-refractivity contribution in [3.05, 3.63) is 0 Å². The van der Waals surface area contributed by atoms with Crippen LogP contribution in [0.15, 0.2) is 0 Å². The van der Waals surface area contributed by atoms with E-state index in [2.05, 4.69) is 34.6 Å². The molecule has 6 aliphatic rings. The summed E-state index contributed by atoms with van der Waals surface area (Å²) in [5, 5.41) is 0. The second-order valence-corrected chi connectivity index (χ2v) is 14.1. The highest BCUT2D eigenvalue weighted by Gasteiger charge is 2.64. The molecule has 6 rings (SSSR count). The quantitative estimate of drug-likeness (QED) is 0.337. The zero-order valence-corrected chi connectivity index (χ0v) is 21.1. The van der Waals surface area contributed by atoms with Gasteiger partial charge in [0.05, 0.1) is 11.5 Å². The van der Waals surface area contributed by atoms with Gasteiger partial charge in [-0.2, -0.15) is 0 Å². The molecule has 0 aromatic heterocycles. The first kappa shape index (κ1) is 22.2. The molecule has 0 aliphatic heterocycles. The van der Waals surface area contributed by atoms with Crippen LogP contribution in [0, 0.1) is 51.2 Å². The van der Waals surface area contributed by atoms with Crippen LogP contribution in [0.5, 0.6) is 0 Å². The summed E-state index contributed by atoms with van der Waals surface area (Å²) < 4.78 is 13.6. The molecule has 176 valence electrons. The number of fused-ring (bicyclic) bond motifs is 2.